The highest BCUT2D eigenvalue weighted by Crippen LogP contribution is 2.35. The predicted molar refractivity (Wildman–Crippen MR) is 121 cm³/mol. The van der Waals surface area contributed by atoms with Crippen LogP contribution in [0.3, 0.4) is 0 Å². The Hall–Kier alpha value is -2.52. The number of ether oxygens (including phenoxy) is 1. The molecule has 0 spiro atoms. The maximum Gasteiger partial charge on any atom is 0.238 e. The van der Waals surface area contributed by atoms with Crippen molar-refractivity contribution in [1.29, 1.82) is 0 Å². The van der Waals surface area contributed by atoms with Gasteiger partial charge in [0.2, 0.25) is 21.8 Å². The fraction of sp³-hybridized carbons (Fsp3) is 0.522. The Balaban J connectivity index is 1.46. The van der Waals surface area contributed by atoms with E-state index in [9.17, 15) is 13.2 Å². The van der Waals surface area contributed by atoms with Crippen LogP contribution in [0.25, 0.3) is 0 Å². The molecule has 1 amide bonds. The Labute approximate surface area is 189 Å². The summed E-state index contributed by atoms with van der Waals surface area (Å²) < 4.78 is 31.4. The van der Waals surface area contributed by atoms with Crippen LogP contribution in [0, 0.1) is 5.41 Å². The summed E-state index contributed by atoms with van der Waals surface area (Å²) in [6, 6.07) is 9.44. The number of nitrogens with zero attached hydrogens (tertiary/aromatic N) is 4. The zero-order valence-electron chi connectivity index (χ0n) is 18.6. The van der Waals surface area contributed by atoms with Gasteiger partial charge in [-0.1, -0.05) is 18.2 Å². The fourth-order valence-electron chi connectivity index (χ4n) is 4.65. The SMILES string of the molecule is C[C@@]1(C(=O)N2CCC[C@H](c3cncc(Oc4ccccc4)n3)C2)CCCN(S(C)(=O)=O)C1. The van der Waals surface area contributed by atoms with E-state index < -0.39 is 15.4 Å². The van der Waals surface area contributed by atoms with Crippen LogP contribution in [0.1, 0.15) is 44.2 Å². The summed E-state index contributed by atoms with van der Waals surface area (Å²) in [7, 11) is -3.32. The van der Waals surface area contributed by atoms with Crippen LogP contribution in [0.4, 0.5) is 0 Å². The van der Waals surface area contributed by atoms with Gasteiger partial charge >= 0.3 is 0 Å². The summed E-state index contributed by atoms with van der Waals surface area (Å²) in [5.74, 6) is 1.22. The zero-order valence-corrected chi connectivity index (χ0v) is 19.4. The van der Waals surface area contributed by atoms with Crippen LogP contribution in [-0.2, 0) is 14.8 Å². The van der Waals surface area contributed by atoms with Gasteiger partial charge in [0.15, 0.2) is 0 Å². The average Bonchev–Trinajstić information content (AvgIpc) is 2.79. The molecule has 4 rings (SSSR count). The predicted octanol–water partition coefficient (Wildman–Crippen LogP) is 3.04. The first-order valence-corrected chi connectivity index (χ1v) is 12.9. The molecular formula is C23H30N4O4S. The maximum absolute atomic E-state index is 13.5. The summed E-state index contributed by atoms with van der Waals surface area (Å²) in [6.07, 6.45) is 7.71. The van der Waals surface area contributed by atoms with Gasteiger partial charge < -0.3 is 9.64 Å². The lowest BCUT2D eigenvalue weighted by Crippen LogP contribution is -2.54. The zero-order chi connectivity index (χ0) is 22.8. The molecule has 9 heteroatoms. The molecular weight excluding hydrogens is 428 g/mol. The van der Waals surface area contributed by atoms with Gasteiger partial charge in [0.1, 0.15) is 5.75 Å². The molecule has 0 radical (unpaired) electrons. The molecule has 0 bridgehead atoms. The number of hydrogen-bond donors (Lipinski definition) is 0. The first-order chi connectivity index (χ1) is 15.2. The van der Waals surface area contributed by atoms with Gasteiger partial charge in [-0.2, -0.15) is 0 Å². The molecule has 8 nitrogen and oxygen atoms in total. The van der Waals surface area contributed by atoms with Gasteiger partial charge in [0, 0.05) is 38.3 Å². The molecule has 0 unspecified atom stereocenters. The second-order valence-electron chi connectivity index (χ2n) is 9.05. The van der Waals surface area contributed by atoms with E-state index >= 15 is 0 Å². The van der Waals surface area contributed by atoms with Crippen LogP contribution >= 0.6 is 0 Å². The van der Waals surface area contributed by atoms with Crippen molar-refractivity contribution in [3.8, 4) is 11.6 Å². The minimum absolute atomic E-state index is 0.0280. The second kappa shape index (κ2) is 9.15. The molecule has 2 aliphatic heterocycles. The monoisotopic (exact) mass is 458 g/mol. The normalized spacial score (nSPS) is 24.8. The van der Waals surface area contributed by atoms with E-state index in [1.54, 1.807) is 12.4 Å². The smallest absolute Gasteiger partial charge is 0.238 e. The number of likely N-dealkylation sites (tertiary alicyclic amines) is 1. The van der Waals surface area contributed by atoms with Crippen molar-refractivity contribution in [2.75, 3.05) is 32.4 Å². The van der Waals surface area contributed by atoms with Gasteiger partial charge in [-0.05, 0) is 44.7 Å². The Morgan fingerprint density at radius 3 is 2.69 bits per heavy atom. The molecule has 2 aromatic rings. The van der Waals surface area contributed by atoms with E-state index in [0.717, 1.165) is 18.5 Å². The lowest BCUT2D eigenvalue weighted by atomic mass is 9.80. The molecule has 0 aliphatic carbocycles. The summed E-state index contributed by atoms with van der Waals surface area (Å²) in [6.45, 7) is 3.85. The molecule has 1 aromatic carbocycles. The Bertz CT molecular complexity index is 1060. The number of amides is 1. The highest BCUT2D eigenvalue weighted by molar-refractivity contribution is 7.88. The number of aromatic nitrogens is 2. The van der Waals surface area contributed by atoms with E-state index in [2.05, 4.69) is 9.97 Å². The first kappa shape index (κ1) is 22.7. The Kier molecular flexibility index (Phi) is 6.48. The van der Waals surface area contributed by atoms with Gasteiger partial charge in [-0.25, -0.2) is 17.7 Å². The van der Waals surface area contributed by atoms with Gasteiger partial charge in [0.25, 0.3) is 0 Å². The third-order valence-corrected chi connectivity index (χ3v) is 7.62. The summed E-state index contributed by atoms with van der Waals surface area (Å²) in [4.78, 5) is 24.3. The van der Waals surface area contributed by atoms with Crippen LogP contribution in [-0.4, -0.2) is 65.9 Å². The summed E-state index contributed by atoms with van der Waals surface area (Å²) >= 11 is 0. The molecule has 32 heavy (non-hydrogen) atoms. The Morgan fingerprint density at radius 1 is 1.16 bits per heavy atom. The molecule has 0 N–H and O–H groups in total. The van der Waals surface area contributed by atoms with Gasteiger partial charge in [-0.15, -0.1) is 0 Å². The van der Waals surface area contributed by atoms with Gasteiger partial charge in [0.05, 0.1) is 23.6 Å². The number of carbonyl (C=O) groups is 1. The molecule has 3 heterocycles. The van der Waals surface area contributed by atoms with E-state index in [1.165, 1.54) is 10.6 Å². The van der Waals surface area contributed by atoms with Crippen LogP contribution in [0.2, 0.25) is 0 Å². The third kappa shape index (κ3) is 5.10. The molecule has 2 atom stereocenters. The lowest BCUT2D eigenvalue weighted by molar-refractivity contribution is -0.144. The molecule has 2 aliphatic rings. The highest BCUT2D eigenvalue weighted by Gasteiger charge is 2.43. The number of carbonyl (C=O) groups excluding carboxylic acids is 1. The van der Waals surface area contributed by atoms with E-state index in [-0.39, 0.29) is 18.4 Å². The van der Waals surface area contributed by atoms with Crippen molar-refractivity contribution in [3.05, 3.63) is 48.4 Å². The first-order valence-electron chi connectivity index (χ1n) is 11.0. The van der Waals surface area contributed by atoms with Gasteiger partial charge in [-0.3, -0.25) is 9.78 Å². The number of para-hydroxylation sites is 1. The van der Waals surface area contributed by atoms with E-state index in [1.807, 2.05) is 42.2 Å². The number of piperidine rings is 2. The topological polar surface area (TPSA) is 92.7 Å². The molecule has 2 fully saturated rings. The quantitative estimate of drug-likeness (QED) is 0.684. The average molecular weight is 459 g/mol. The van der Waals surface area contributed by atoms with E-state index in [4.69, 9.17) is 4.74 Å². The van der Waals surface area contributed by atoms with Crippen LogP contribution in [0.15, 0.2) is 42.7 Å². The summed E-state index contributed by atoms with van der Waals surface area (Å²) in [5, 5.41) is 0. The number of sulfonamides is 1. The largest absolute Gasteiger partial charge is 0.437 e. The molecule has 2 saturated heterocycles. The van der Waals surface area contributed by atoms with Crippen molar-refractivity contribution in [1.82, 2.24) is 19.2 Å². The molecule has 172 valence electrons. The van der Waals surface area contributed by atoms with Crippen LogP contribution < -0.4 is 4.74 Å². The molecule has 0 saturated carbocycles. The van der Waals surface area contributed by atoms with Crippen molar-refractivity contribution >= 4 is 15.9 Å². The highest BCUT2D eigenvalue weighted by atomic mass is 32.2. The number of rotatable bonds is 5. The molecule has 1 aromatic heterocycles. The van der Waals surface area contributed by atoms with E-state index in [0.29, 0.717) is 44.1 Å². The summed E-state index contributed by atoms with van der Waals surface area (Å²) in [5.41, 5.74) is 0.107. The van der Waals surface area contributed by atoms with Crippen molar-refractivity contribution in [2.45, 2.75) is 38.5 Å². The third-order valence-electron chi connectivity index (χ3n) is 6.37. The standard InChI is InChI=1S/C23H30N4O4S/c1-23(11-7-13-27(17-23)32(2,29)30)22(28)26-12-6-8-18(16-26)20-14-24-15-21(25-20)31-19-9-4-3-5-10-19/h3-5,9-10,14-15,18H,6-8,11-13,16-17H2,1-2H3/t18-,23+/m0/s1. The second-order valence-corrected chi connectivity index (χ2v) is 11.0. The van der Waals surface area contributed by atoms with Crippen molar-refractivity contribution < 1.29 is 17.9 Å². The number of benzene rings is 1. The minimum atomic E-state index is -3.32. The fourth-order valence-corrected chi connectivity index (χ4v) is 5.63. The Morgan fingerprint density at radius 2 is 1.94 bits per heavy atom. The maximum atomic E-state index is 13.5. The van der Waals surface area contributed by atoms with Crippen molar-refractivity contribution in [2.24, 2.45) is 5.41 Å². The van der Waals surface area contributed by atoms with Crippen LogP contribution in [0.5, 0.6) is 11.6 Å². The lowest BCUT2D eigenvalue weighted by Gasteiger charge is -2.43. The van der Waals surface area contributed by atoms with Crippen molar-refractivity contribution in [3.63, 3.8) is 0 Å². The number of hydrogen-bond acceptors (Lipinski definition) is 6. The minimum Gasteiger partial charge on any atom is -0.437 e.